The van der Waals surface area contributed by atoms with Crippen LogP contribution in [0.3, 0.4) is 0 Å². The van der Waals surface area contributed by atoms with E-state index in [0.717, 1.165) is 55.5 Å². The third-order valence-corrected chi connectivity index (χ3v) is 8.15. The average molecular weight is 516 g/mol. The molecule has 202 valence electrons. The zero-order chi connectivity index (χ0) is 26.0. The van der Waals surface area contributed by atoms with Gasteiger partial charge in [-0.3, -0.25) is 9.88 Å². The van der Waals surface area contributed by atoms with Gasteiger partial charge < -0.3 is 19.9 Å². The van der Waals surface area contributed by atoms with E-state index in [1.807, 2.05) is 11.0 Å². The molecular formula is C29H39F2N3O3. The number of fused-ring (bicyclic) bond motifs is 2. The summed E-state index contributed by atoms with van der Waals surface area (Å²) in [6, 6.07) is 8.29. The van der Waals surface area contributed by atoms with Crippen molar-refractivity contribution in [1.82, 2.24) is 15.2 Å². The van der Waals surface area contributed by atoms with Crippen molar-refractivity contribution in [1.29, 1.82) is 0 Å². The maximum absolute atomic E-state index is 13.7. The Labute approximate surface area is 218 Å². The van der Waals surface area contributed by atoms with Crippen LogP contribution in [0.5, 0.6) is 11.5 Å². The number of benzene rings is 1. The van der Waals surface area contributed by atoms with Crippen molar-refractivity contribution in [3.8, 4) is 11.5 Å². The number of halogens is 2. The van der Waals surface area contributed by atoms with E-state index in [4.69, 9.17) is 9.47 Å². The molecule has 37 heavy (non-hydrogen) atoms. The fraction of sp³-hybridized carbons (Fsp3) is 0.621. The Bertz CT molecular complexity index is 1080. The first-order chi connectivity index (χ1) is 17.7. The molecule has 4 unspecified atom stereocenters. The molecule has 0 spiro atoms. The second-order valence-electron chi connectivity index (χ2n) is 11.3. The van der Waals surface area contributed by atoms with Crippen molar-refractivity contribution in [3.63, 3.8) is 0 Å². The maximum atomic E-state index is 13.7. The zero-order valence-electron chi connectivity index (χ0n) is 21.9. The van der Waals surface area contributed by atoms with E-state index < -0.39 is 12.2 Å². The molecule has 1 saturated carbocycles. The first kappa shape index (κ1) is 26.3. The zero-order valence-corrected chi connectivity index (χ0v) is 21.9. The van der Waals surface area contributed by atoms with Gasteiger partial charge in [0.15, 0.2) is 11.5 Å². The smallest absolute Gasteiger partial charge is 0.272 e. The van der Waals surface area contributed by atoms with Crippen molar-refractivity contribution < 1.29 is 23.4 Å². The Hall–Kier alpha value is -2.29. The first-order valence-electron chi connectivity index (χ1n) is 13.6. The maximum Gasteiger partial charge on any atom is 0.272 e. The standard InChI is InChI=1S/C29H39F2N3O3/c1-19(11-21-4-7-26-27(13-21)37-18-36-26)15-32-24-6-3-20(12-24)5-8-28(35)34-10-9-25-22(17-34)14-23(16-33-25)29(2,30)31/h4,7,13-14,16,19-20,24,28,32,35H,3,5-6,8-12,15,17-18H2,1-2H3. The summed E-state index contributed by atoms with van der Waals surface area (Å²) in [6.45, 7) is 5.64. The van der Waals surface area contributed by atoms with Crippen molar-refractivity contribution in [2.45, 2.75) is 83.5 Å². The third-order valence-electron chi connectivity index (χ3n) is 8.15. The first-order valence-corrected chi connectivity index (χ1v) is 13.6. The number of ether oxygens (including phenoxy) is 2. The van der Waals surface area contributed by atoms with Crippen molar-refractivity contribution in [3.05, 3.63) is 52.8 Å². The van der Waals surface area contributed by atoms with Crippen LogP contribution in [0.2, 0.25) is 0 Å². The van der Waals surface area contributed by atoms with Gasteiger partial charge >= 0.3 is 0 Å². The summed E-state index contributed by atoms with van der Waals surface area (Å²) in [4.78, 5) is 6.26. The predicted molar refractivity (Wildman–Crippen MR) is 138 cm³/mol. The van der Waals surface area contributed by atoms with Gasteiger partial charge in [0.2, 0.25) is 6.79 Å². The van der Waals surface area contributed by atoms with Crippen LogP contribution in [-0.2, 0) is 25.3 Å². The summed E-state index contributed by atoms with van der Waals surface area (Å²) in [5.41, 5.74) is 2.89. The molecule has 3 aliphatic rings. The summed E-state index contributed by atoms with van der Waals surface area (Å²) in [7, 11) is 0. The predicted octanol–water partition coefficient (Wildman–Crippen LogP) is 5.02. The minimum absolute atomic E-state index is 0.0581. The van der Waals surface area contributed by atoms with Crippen molar-refractivity contribution >= 4 is 0 Å². The molecule has 1 aromatic heterocycles. The summed E-state index contributed by atoms with van der Waals surface area (Å²) >= 11 is 0. The van der Waals surface area contributed by atoms with Gasteiger partial charge in [0, 0.05) is 49.9 Å². The number of aromatic nitrogens is 1. The lowest BCUT2D eigenvalue weighted by Gasteiger charge is -2.33. The van der Waals surface area contributed by atoms with Gasteiger partial charge in [0.05, 0.1) is 0 Å². The van der Waals surface area contributed by atoms with Crippen LogP contribution in [0.25, 0.3) is 0 Å². The van der Waals surface area contributed by atoms with Gasteiger partial charge in [0.25, 0.3) is 5.92 Å². The lowest BCUT2D eigenvalue weighted by atomic mass is 9.98. The monoisotopic (exact) mass is 515 g/mol. The summed E-state index contributed by atoms with van der Waals surface area (Å²) < 4.78 is 38.4. The van der Waals surface area contributed by atoms with E-state index in [0.29, 0.717) is 50.6 Å². The van der Waals surface area contributed by atoms with E-state index in [1.165, 1.54) is 24.6 Å². The van der Waals surface area contributed by atoms with Crippen molar-refractivity contribution in [2.75, 3.05) is 19.9 Å². The highest BCUT2D eigenvalue weighted by molar-refractivity contribution is 5.44. The molecule has 0 radical (unpaired) electrons. The number of hydrogen-bond acceptors (Lipinski definition) is 6. The number of aliphatic hydroxyl groups is 1. The fourth-order valence-electron chi connectivity index (χ4n) is 5.94. The van der Waals surface area contributed by atoms with Gasteiger partial charge in [0.1, 0.15) is 6.23 Å². The molecular weight excluding hydrogens is 476 g/mol. The average Bonchev–Trinajstić information content (AvgIpc) is 3.54. The lowest BCUT2D eigenvalue weighted by molar-refractivity contribution is -0.0161. The van der Waals surface area contributed by atoms with E-state index in [9.17, 15) is 13.9 Å². The highest BCUT2D eigenvalue weighted by atomic mass is 19.3. The Kier molecular flexibility index (Phi) is 7.98. The molecule has 2 aromatic rings. The molecule has 8 heteroatoms. The van der Waals surface area contributed by atoms with Gasteiger partial charge in [-0.2, -0.15) is 0 Å². The summed E-state index contributed by atoms with van der Waals surface area (Å²) in [6.07, 6.45) is 7.62. The Morgan fingerprint density at radius 3 is 2.89 bits per heavy atom. The van der Waals surface area contributed by atoms with Crippen LogP contribution < -0.4 is 14.8 Å². The topological polar surface area (TPSA) is 66.9 Å². The van der Waals surface area contributed by atoms with E-state index in [-0.39, 0.29) is 5.56 Å². The van der Waals surface area contributed by atoms with E-state index >= 15 is 0 Å². The highest BCUT2D eigenvalue weighted by Gasteiger charge is 2.30. The highest BCUT2D eigenvalue weighted by Crippen LogP contribution is 2.34. The molecule has 1 aliphatic carbocycles. The van der Waals surface area contributed by atoms with Crippen molar-refractivity contribution in [2.24, 2.45) is 11.8 Å². The molecule has 2 aliphatic heterocycles. The summed E-state index contributed by atoms with van der Waals surface area (Å²) in [5.74, 6) is -0.101. The number of rotatable bonds is 10. The minimum Gasteiger partial charge on any atom is -0.454 e. The molecule has 4 atom stereocenters. The molecule has 3 heterocycles. The third kappa shape index (κ3) is 6.59. The van der Waals surface area contributed by atoms with Gasteiger partial charge in [-0.15, -0.1) is 0 Å². The van der Waals surface area contributed by atoms with Crippen LogP contribution in [0, 0.1) is 11.8 Å². The number of nitrogens with zero attached hydrogens (tertiary/aromatic N) is 2. The quantitative estimate of drug-likeness (QED) is 0.464. The fourth-order valence-corrected chi connectivity index (χ4v) is 5.94. The Morgan fingerprint density at radius 2 is 2.05 bits per heavy atom. The number of aliphatic hydroxyl groups excluding tert-OH is 1. The molecule has 0 saturated heterocycles. The molecule has 1 aromatic carbocycles. The van der Waals surface area contributed by atoms with Crippen LogP contribution in [0.4, 0.5) is 8.78 Å². The van der Waals surface area contributed by atoms with Crippen LogP contribution in [0.1, 0.15) is 68.3 Å². The number of nitrogens with one attached hydrogen (secondary N) is 1. The number of hydrogen-bond donors (Lipinski definition) is 2. The SMILES string of the molecule is CC(CNC1CCC(CCC(O)N2CCc3ncc(C(C)(F)F)cc3C2)C1)Cc1ccc2c(c1)OCO2. The normalized spacial score (nSPS) is 23.2. The molecule has 0 bridgehead atoms. The molecule has 1 fully saturated rings. The summed E-state index contributed by atoms with van der Waals surface area (Å²) in [5, 5.41) is 14.6. The Morgan fingerprint density at radius 1 is 1.22 bits per heavy atom. The van der Waals surface area contributed by atoms with Crippen LogP contribution in [0.15, 0.2) is 30.5 Å². The van der Waals surface area contributed by atoms with Gasteiger partial charge in [-0.05, 0) is 86.2 Å². The molecule has 0 amide bonds. The molecule has 2 N–H and O–H groups in total. The number of alkyl halides is 2. The van der Waals surface area contributed by atoms with E-state index in [1.54, 1.807) is 6.07 Å². The lowest BCUT2D eigenvalue weighted by Crippen LogP contribution is -2.40. The Balaban J connectivity index is 1.03. The van der Waals surface area contributed by atoms with Crippen LogP contribution >= 0.6 is 0 Å². The number of pyridine rings is 1. The molecule has 5 rings (SSSR count). The van der Waals surface area contributed by atoms with Gasteiger partial charge in [-0.1, -0.05) is 13.0 Å². The largest absolute Gasteiger partial charge is 0.454 e. The van der Waals surface area contributed by atoms with E-state index in [2.05, 4.69) is 29.4 Å². The van der Waals surface area contributed by atoms with Gasteiger partial charge in [-0.25, -0.2) is 8.78 Å². The second-order valence-corrected chi connectivity index (χ2v) is 11.3. The molecule has 6 nitrogen and oxygen atoms in total. The second kappa shape index (κ2) is 11.2. The minimum atomic E-state index is -2.90. The van der Waals surface area contributed by atoms with Crippen LogP contribution in [-0.4, -0.2) is 47.1 Å².